The van der Waals surface area contributed by atoms with Crippen molar-refractivity contribution in [3.63, 3.8) is 0 Å². The topological polar surface area (TPSA) is 83.8 Å². The number of carboxylic acids is 1. The van der Waals surface area contributed by atoms with Crippen LogP contribution < -0.4 is 0 Å². The van der Waals surface area contributed by atoms with Crippen LogP contribution >= 0.6 is 11.8 Å². The van der Waals surface area contributed by atoms with Gasteiger partial charge in [0.2, 0.25) is 0 Å². The normalized spacial score (nSPS) is 19.3. The first-order valence-electron chi connectivity index (χ1n) is 9.53. The smallest absolute Gasteiger partial charge is 0.349 e. The number of aromatic carboxylic acids is 1. The largest absolute Gasteiger partial charge is 0.511 e. The van der Waals surface area contributed by atoms with Crippen molar-refractivity contribution < 1.29 is 24.5 Å². The van der Waals surface area contributed by atoms with Gasteiger partial charge < -0.3 is 14.9 Å². The van der Waals surface area contributed by atoms with Crippen LogP contribution in [0.1, 0.15) is 49.0 Å². The summed E-state index contributed by atoms with van der Waals surface area (Å²) in [4.78, 5) is 24.8. The van der Waals surface area contributed by atoms with Crippen molar-refractivity contribution in [1.82, 2.24) is 0 Å². The van der Waals surface area contributed by atoms with Crippen LogP contribution in [0.25, 0.3) is 0 Å². The average Bonchev–Trinajstić information content (AvgIpc) is 2.70. The standard InChI is InChI=1S/C23H24O5S/c1-15(2)12-13-23(16-8-4-3-5-9-16)14-18(24)20(22(27)28-23)29-19-11-7-6-10-17(19)21(25)26/h3-11,15,24H,12-14H2,1-2H3,(H,25,26). The first-order chi connectivity index (χ1) is 13.8. The van der Waals surface area contributed by atoms with Crippen LogP contribution in [0.3, 0.4) is 0 Å². The number of hydrogen-bond donors (Lipinski definition) is 2. The number of hydrogen-bond acceptors (Lipinski definition) is 5. The molecule has 0 fully saturated rings. The van der Waals surface area contributed by atoms with E-state index < -0.39 is 17.5 Å². The second kappa shape index (κ2) is 8.74. The molecule has 0 saturated heterocycles. The maximum absolute atomic E-state index is 12.9. The van der Waals surface area contributed by atoms with E-state index in [4.69, 9.17) is 4.74 Å². The number of carbonyl (C=O) groups excluding carboxylic acids is 1. The lowest BCUT2D eigenvalue weighted by Gasteiger charge is -2.38. The number of ether oxygens (including phenoxy) is 1. The number of carbonyl (C=O) groups is 2. The summed E-state index contributed by atoms with van der Waals surface area (Å²) in [5, 5.41) is 20.2. The van der Waals surface area contributed by atoms with Gasteiger partial charge in [0, 0.05) is 4.90 Å². The molecule has 0 aliphatic carbocycles. The van der Waals surface area contributed by atoms with Crippen molar-refractivity contribution in [1.29, 1.82) is 0 Å². The molecular weight excluding hydrogens is 388 g/mol. The lowest BCUT2D eigenvalue weighted by molar-refractivity contribution is -0.160. The molecule has 0 amide bonds. The highest BCUT2D eigenvalue weighted by molar-refractivity contribution is 8.04. The molecule has 1 heterocycles. The predicted molar refractivity (Wildman–Crippen MR) is 112 cm³/mol. The quantitative estimate of drug-likeness (QED) is 0.582. The summed E-state index contributed by atoms with van der Waals surface area (Å²) in [5.41, 5.74) is -0.0101. The molecule has 0 saturated carbocycles. The van der Waals surface area contributed by atoms with E-state index in [9.17, 15) is 19.8 Å². The molecule has 5 nitrogen and oxygen atoms in total. The number of thioether (sulfide) groups is 1. The fraction of sp³-hybridized carbons (Fsp3) is 0.304. The van der Waals surface area contributed by atoms with Gasteiger partial charge in [-0.2, -0.15) is 0 Å². The van der Waals surface area contributed by atoms with Gasteiger partial charge in [0.1, 0.15) is 16.3 Å². The van der Waals surface area contributed by atoms with Gasteiger partial charge in [-0.15, -0.1) is 0 Å². The summed E-state index contributed by atoms with van der Waals surface area (Å²) in [6.45, 7) is 4.20. The van der Waals surface area contributed by atoms with Crippen molar-refractivity contribution in [2.24, 2.45) is 5.92 Å². The van der Waals surface area contributed by atoms with E-state index in [-0.39, 0.29) is 22.6 Å². The Morgan fingerprint density at radius 1 is 1.14 bits per heavy atom. The van der Waals surface area contributed by atoms with Gasteiger partial charge in [-0.25, -0.2) is 9.59 Å². The molecule has 152 valence electrons. The first kappa shape index (κ1) is 21.0. The van der Waals surface area contributed by atoms with Crippen LogP contribution in [0.5, 0.6) is 0 Å². The van der Waals surface area contributed by atoms with Crippen molar-refractivity contribution in [2.75, 3.05) is 0 Å². The fourth-order valence-electron chi connectivity index (χ4n) is 3.38. The van der Waals surface area contributed by atoms with E-state index in [1.165, 1.54) is 6.07 Å². The molecule has 0 radical (unpaired) electrons. The van der Waals surface area contributed by atoms with Gasteiger partial charge in [-0.3, -0.25) is 0 Å². The third kappa shape index (κ3) is 4.65. The van der Waals surface area contributed by atoms with Crippen molar-refractivity contribution in [3.8, 4) is 0 Å². The molecule has 0 spiro atoms. The van der Waals surface area contributed by atoms with Gasteiger partial charge in [0.05, 0.1) is 12.0 Å². The van der Waals surface area contributed by atoms with E-state index in [0.29, 0.717) is 17.2 Å². The Balaban J connectivity index is 1.96. The second-order valence-corrected chi connectivity index (χ2v) is 8.59. The van der Waals surface area contributed by atoms with E-state index in [0.717, 1.165) is 23.7 Å². The number of rotatable bonds is 7. The summed E-state index contributed by atoms with van der Waals surface area (Å²) in [5.74, 6) is -1.38. The van der Waals surface area contributed by atoms with Gasteiger partial charge in [0.15, 0.2) is 0 Å². The van der Waals surface area contributed by atoms with E-state index in [1.807, 2.05) is 30.3 Å². The molecule has 0 bridgehead atoms. The third-order valence-corrected chi connectivity index (χ3v) is 6.13. The summed E-state index contributed by atoms with van der Waals surface area (Å²) in [6.07, 6.45) is 1.58. The van der Waals surface area contributed by atoms with Crippen LogP contribution in [-0.4, -0.2) is 22.2 Å². The minimum Gasteiger partial charge on any atom is -0.511 e. The molecule has 2 aromatic rings. The zero-order valence-electron chi connectivity index (χ0n) is 16.4. The molecule has 2 aromatic carbocycles. The van der Waals surface area contributed by atoms with Gasteiger partial charge in [0.25, 0.3) is 0 Å². The van der Waals surface area contributed by atoms with Crippen LogP contribution in [0.4, 0.5) is 0 Å². The van der Waals surface area contributed by atoms with Crippen LogP contribution in [0, 0.1) is 5.92 Å². The lowest BCUT2D eigenvalue weighted by Crippen LogP contribution is -2.37. The number of cyclic esters (lactones) is 1. The molecule has 1 aliphatic rings. The summed E-state index contributed by atoms with van der Waals surface area (Å²) < 4.78 is 5.94. The van der Waals surface area contributed by atoms with Gasteiger partial charge >= 0.3 is 11.9 Å². The summed E-state index contributed by atoms with van der Waals surface area (Å²) in [7, 11) is 0. The molecule has 1 atom stereocenters. The first-order valence-corrected chi connectivity index (χ1v) is 10.4. The fourth-order valence-corrected chi connectivity index (χ4v) is 4.33. The number of benzene rings is 2. The van der Waals surface area contributed by atoms with Crippen LogP contribution in [0.15, 0.2) is 70.2 Å². The highest BCUT2D eigenvalue weighted by Gasteiger charge is 2.43. The number of carboxylic acid groups (broad SMARTS) is 1. The van der Waals surface area contributed by atoms with Crippen molar-refractivity contribution in [3.05, 3.63) is 76.4 Å². The Labute approximate surface area is 174 Å². The molecule has 2 N–H and O–H groups in total. The highest BCUT2D eigenvalue weighted by Crippen LogP contribution is 2.45. The summed E-state index contributed by atoms with van der Waals surface area (Å²) in [6, 6.07) is 15.8. The Morgan fingerprint density at radius 2 is 1.79 bits per heavy atom. The molecule has 3 rings (SSSR count). The number of esters is 1. The lowest BCUT2D eigenvalue weighted by atomic mass is 9.82. The second-order valence-electron chi connectivity index (χ2n) is 7.54. The van der Waals surface area contributed by atoms with E-state index in [2.05, 4.69) is 13.8 Å². The Kier molecular flexibility index (Phi) is 6.33. The van der Waals surface area contributed by atoms with Crippen molar-refractivity contribution in [2.45, 2.75) is 43.6 Å². The molecule has 1 aliphatic heterocycles. The molecule has 29 heavy (non-hydrogen) atoms. The number of aliphatic hydroxyl groups excluding tert-OH is 1. The predicted octanol–water partition coefficient (Wildman–Crippen LogP) is 5.53. The SMILES string of the molecule is CC(C)CCC1(c2ccccc2)CC(O)=C(Sc2ccccc2C(=O)O)C(=O)O1. The molecule has 6 heteroatoms. The monoisotopic (exact) mass is 412 g/mol. The molecule has 0 aromatic heterocycles. The molecular formula is C23H24O5S. The Morgan fingerprint density at radius 3 is 2.41 bits per heavy atom. The minimum absolute atomic E-state index is 0.0369. The van der Waals surface area contributed by atoms with Crippen LogP contribution in [0.2, 0.25) is 0 Å². The molecule has 1 unspecified atom stereocenters. The zero-order valence-corrected chi connectivity index (χ0v) is 17.2. The highest BCUT2D eigenvalue weighted by atomic mass is 32.2. The van der Waals surface area contributed by atoms with Gasteiger partial charge in [-0.1, -0.05) is 68.1 Å². The van der Waals surface area contributed by atoms with E-state index in [1.54, 1.807) is 18.2 Å². The Hall–Kier alpha value is -2.73. The van der Waals surface area contributed by atoms with Crippen LogP contribution in [-0.2, 0) is 15.1 Å². The summed E-state index contributed by atoms with van der Waals surface area (Å²) >= 11 is 0.930. The minimum atomic E-state index is -1.09. The maximum atomic E-state index is 12.9. The zero-order chi connectivity index (χ0) is 21.0. The third-order valence-electron chi connectivity index (χ3n) is 4.94. The average molecular weight is 413 g/mol. The van der Waals surface area contributed by atoms with E-state index >= 15 is 0 Å². The van der Waals surface area contributed by atoms with Gasteiger partial charge in [-0.05, 0) is 36.5 Å². The number of aliphatic hydroxyl groups is 1. The Bertz CT molecular complexity index is 935. The maximum Gasteiger partial charge on any atom is 0.349 e. The van der Waals surface area contributed by atoms with Crippen molar-refractivity contribution >= 4 is 23.7 Å².